The zero-order chi connectivity index (χ0) is 24.0. The van der Waals surface area contributed by atoms with Gasteiger partial charge in [-0.2, -0.15) is 0 Å². The van der Waals surface area contributed by atoms with E-state index in [4.69, 9.17) is 15.2 Å². The van der Waals surface area contributed by atoms with E-state index < -0.39 is 51.9 Å². The van der Waals surface area contributed by atoms with Crippen LogP contribution in [0, 0.1) is 5.82 Å². The van der Waals surface area contributed by atoms with Gasteiger partial charge in [0.1, 0.15) is 40.8 Å². The van der Waals surface area contributed by atoms with Crippen molar-refractivity contribution in [1.29, 1.82) is 0 Å². The number of benzene rings is 1. The summed E-state index contributed by atoms with van der Waals surface area (Å²) >= 11 is 0. The number of aliphatic imine (C=N–C) groups is 1. The highest BCUT2D eigenvalue weighted by Gasteiger charge is 2.62. The fourth-order valence-corrected chi connectivity index (χ4v) is 5.92. The molecule has 0 bridgehead atoms. The van der Waals surface area contributed by atoms with E-state index in [9.17, 15) is 17.6 Å². The van der Waals surface area contributed by atoms with E-state index in [0.717, 1.165) is 10.4 Å². The first-order valence-electron chi connectivity index (χ1n) is 9.76. The van der Waals surface area contributed by atoms with Gasteiger partial charge in [0, 0.05) is 18.3 Å². The minimum atomic E-state index is -4.22. The third kappa shape index (κ3) is 3.66. The van der Waals surface area contributed by atoms with Crippen molar-refractivity contribution in [3.05, 3.63) is 53.6 Å². The second-order valence-electron chi connectivity index (χ2n) is 7.56. The van der Waals surface area contributed by atoms with Crippen LogP contribution in [-0.4, -0.2) is 68.4 Å². The lowest BCUT2D eigenvalue weighted by molar-refractivity contribution is 0.0847. The molecule has 1 saturated heterocycles. The number of amides is 1. The molecule has 2 aliphatic heterocycles. The van der Waals surface area contributed by atoms with E-state index in [0.29, 0.717) is 5.75 Å². The molecule has 0 radical (unpaired) electrons. The second-order valence-corrected chi connectivity index (χ2v) is 9.65. The van der Waals surface area contributed by atoms with Gasteiger partial charge < -0.3 is 20.5 Å². The van der Waals surface area contributed by atoms with Crippen LogP contribution in [0.25, 0.3) is 0 Å². The molecule has 0 aliphatic carbocycles. The number of fused-ring (bicyclic) bond motifs is 1. The van der Waals surface area contributed by atoms with E-state index in [1.807, 2.05) is 0 Å². The lowest BCUT2D eigenvalue weighted by atomic mass is 9.86. The van der Waals surface area contributed by atoms with E-state index in [1.165, 1.54) is 38.6 Å². The number of nitrogens with two attached hydrogens (primary N) is 1. The minimum Gasteiger partial charge on any atom is -0.495 e. The number of methoxy groups -OCH3 is 1. The minimum absolute atomic E-state index is 0.0727. The molecule has 3 N–H and O–H groups in total. The number of hydrogen-bond acceptors (Lipinski definition) is 8. The molecule has 10 nitrogen and oxygen atoms in total. The third-order valence-corrected chi connectivity index (χ3v) is 8.00. The van der Waals surface area contributed by atoms with E-state index >= 15 is 4.39 Å². The average molecular weight is 481 g/mol. The van der Waals surface area contributed by atoms with Gasteiger partial charge in [0.15, 0.2) is 0 Å². The largest absolute Gasteiger partial charge is 0.495 e. The number of aromatic nitrogens is 1. The lowest BCUT2D eigenvalue weighted by Gasteiger charge is -2.39. The number of carbonyl (C=O) groups excluding carboxylic acids is 1. The maximum Gasteiger partial charge on any atom is 0.274 e. The maximum absolute atomic E-state index is 15.0. The number of sulfonamides is 1. The molecule has 3 unspecified atom stereocenters. The highest BCUT2D eigenvalue weighted by Crippen LogP contribution is 2.46. The van der Waals surface area contributed by atoms with Gasteiger partial charge >= 0.3 is 0 Å². The van der Waals surface area contributed by atoms with Crippen LogP contribution in [0.1, 0.15) is 16.1 Å². The molecule has 0 saturated carbocycles. The maximum atomic E-state index is 15.0. The zero-order valence-electron chi connectivity index (χ0n) is 17.7. The van der Waals surface area contributed by atoms with Crippen molar-refractivity contribution in [1.82, 2.24) is 9.29 Å². The average Bonchev–Trinajstić information content (AvgIpc) is 3.19. The summed E-state index contributed by atoms with van der Waals surface area (Å²) in [7, 11) is -1.58. The van der Waals surface area contributed by atoms with Gasteiger partial charge in [0.05, 0.1) is 19.9 Å². The Morgan fingerprint density at radius 1 is 1.39 bits per heavy atom. The smallest absolute Gasteiger partial charge is 0.274 e. The fourth-order valence-electron chi connectivity index (χ4n) is 4.00. The molecule has 3 heterocycles. The number of alkyl halides is 1. The van der Waals surface area contributed by atoms with Crippen molar-refractivity contribution in [3.63, 3.8) is 0 Å². The molecule has 1 amide bonds. The first-order chi connectivity index (χ1) is 15.6. The fraction of sp³-hybridized carbons (Fsp3) is 0.350. The predicted octanol–water partition coefficient (Wildman–Crippen LogP) is 1.00. The molecule has 13 heteroatoms. The zero-order valence-corrected chi connectivity index (χ0v) is 18.5. The number of carbonyl (C=O) groups is 1. The number of guanidine groups is 1. The molecule has 1 fully saturated rings. The van der Waals surface area contributed by atoms with Crippen molar-refractivity contribution in [2.75, 3.05) is 32.8 Å². The van der Waals surface area contributed by atoms with Gasteiger partial charge in [0.2, 0.25) is 16.0 Å². The summed E-state index contributed by atoms with van der Waals surface area (Å²) in [5.41, 5.74) is 4.03. The molecule has 176 valence electrons. The van der Waals surface area contributed by atoms with Gasteiger partial charge in [-0.05, 0) is 30.3 Å². The summed E-state index contributed by atoms with van der Waals surface area (Å²) in [6.07, 6.45) is -0.00182. The van der Waals surface area contributed by atoms with Gasteiger partial charge in [-0.25, -0.2) is 31.5 Å². The van der Waals surface area contributed by atoms with Crippen molar-refractivity contribution >= 4 is 27.6 Å². The Bertz CT molecular complexity index is 1220. The highest BCUT2D eigenvalue weighted by atomic mass is 32.2. The van der Waals surface area contributed by atoms with E-state index in [-0.39, 0.29) is 22.9 Å². The number of pyridine rings is 1. The Hall–Kier alpha value is -3.32. The standard InChI is InChI=1S/C20H21F2N5O5S/c1-27-19(23)26-20(10-32-16(8-21)17(20)33(27,29)30)13-7-11(3-5-14(13)22)25-18(28)15-6-4-12(31-2)9-24-15/h3-7,9,16-17H,8,10H2,1-2H3,(H2,23,26)(H,25,28). The Labute approximate surface area is 188 Å². The van der Waals surface area contributed by atoms with Crippen molar-refractivity contribution in [3.8, 4) is 5.75 Å². The van der Waals surface area contributed by atoms with Crippen LogP contribution >= 0.6 is 0 Å². The second kappa shape index (κ2) is 8.23. The van der Waals surface area contributed by atoms with E-state index in [1.54, 1.807) is 6.07 Å². The quantitative estimate of drug-likeness (QED) is 0.650. The topological polar surface area (TPSA) is 136 Å². The predicted molar refractivity (Wildman–Crippen MR) is 115 cm³/mol. The van der Waals surface area contributed by atoms with Crippen LogP contribution in [0.15, 0.2) is 41.5 Å². The number of rotatable bonds is 5. The Morgan fingerprint density at radius 2 is 2.15 bits per heavy atom. The molecule has 2 aliphatic rings. The number of halogens is 2. The van der Waals surface area contributed by atoms with Crippen LogP contribution in [0.4, 0.5) is 14.5 Å². The number of hydrogen-bond donors (Lipinski definition) is 2. The molecule has 0 spiro atoms. The molecule has 1 aromatic carbocycles. The van der Waals surface area contributed by atoms with Crippen molar-refractivity contribution in [2.45, 2.75) is 16.9 Å². The normalized spacial score (nSPS) is 25.8. The van der Waals surface area contributed by atoms with Crippen LogP contribution in [0.5, 0.6) is 5.75 Å². The Kier molecular flexibility index (Phi) is 5.70. The lowest BCUT2D eigenvalue weighted by Crippen LogP contribution is -2.59. The third-order valence-electron chi connectivity index (χ3n) is 5.71. The first kappa shape index (κ1) is 22.9. The molecule has 1 aromatic heterocycles. The monoisotopic (exact) mass is 481 g/mol. The van der Waals surface area contributed by atoms with Crippen LogP contribution < -0.4 is 15.8 Å². The molecular weight excluding hydrogens is 460 g/mol. The highest BCUT2D eigenvalue weighted by molar-refractivity contribution is 7.90. The van der Waals surface area contributed by atoms with Gasteiger partial charge in [-0.3, -0.25) is 4.79 Å². The van der Waals surface area contributed by atoms with Crippen LogP contribution in [0.3, 0.4) is 0 Å². The first-order valence-corrected chi connectivity index (χ1v) is 11.3. The van der Waals surface area contributed by atoms with Crippen LogP contribution in [0.2, 0.25) is 0 Å². The van der Waals surface area contributed by atoms with Crippen molar-refractivity contribution in [2.24, 2.45) is 10.7 Å². The Balaban J connectivity index is 1.75. The molecule has 33 heavy (non-hydrogen) atoms. The summed E-state index contributed by atoms with van der Waals surface area (Å²) in [4.78, 5) is 20.8. The number of nitrogens with one attached hydrogen (secondary N) is 1. The molecule has 2 aromatic rings. The van der Waals surface area contributed by atoms with Crippen molar-refractivity contribution < 1.29 is 31.5 Å². The van der Waals surface area contributed by atoms with Crippen LogP contribution in [-0.2, 0) is 20.3 Å². The number of ether oxygens (including phenoxy) is 2. The summed E-state index contributed by atoms with van der Waals surface area (Å²) in [6, 6.07) is 6.59. The van der Waals surface area contributed by atoms with Gasteiger partial charge in [-0.15, -0.1) is 0 Å². The molecule has 3 atom stereocenters. The number of nitrogens with zero attached hydrogens (tertiary/aromatic N) is 3. The molecule has 4 rings (SSSR count). The number of anilines is 1. The van der Waals surface area contributed by atoms with Gasteiger partial charge in [0.25, 0.3) is 5.91 Å². The molecular formula is C20H21F2N5O5S. The summed E-state index contributed by atoms with van der Waals surface area (Å²) in [5, 5.41) is 1.04. The summed E-state index contributed by atoms with van der Waals surface area (Å²) < 4.78 is 66.0. The Morgan fingerprint density at radius 3 is 2.79 bits per heavy atom. The SMILES string of the molecule is COc1ccc(C(=O)Nc2ccc(F)c(C34COC(CF)C3S(=O)(=O)N(C)C(N)=N4)c2)nc1. The summed E-state index contributed by atoms with van der Waals surface area (Å²) in [6.45, 7) is -1.52. The van der Waals surface area contributed by atoms with E-state index in [2.05, 4.69) is 15.3 Å². The van der Waals surface area contributed by atoms with Gasteiger partial charge in [-0.1, -0.05) is 0 Å². The summed E-state index contributed by atoms with van der Waals surface area (Å²) in [5.74, 6) is -1.32.